The van der Waals surface area contributed by atoms with Gasteiger partial charge in [-0.1, -0.05) is 30.3 Å². The first-order valence-electron chi connectivity index (χ1n) is 7.75. The summed E-state index contributed by atoms with van der Waals surface area (Å²) in [5.74, 6) is -4.08. The van der Waals surface area contributed by atoms with Crippen LogP contribution in [0, 0.1) is 0 Å². The largest absolute Gasteiger partial charge is 1.00 e. The van der Waals surface area contributed by atoms with E-state index >= 15 is 0 Å². The number of nitrogens with zero attached hydrogens (tertiary/aromatic N) is 1. The number of cyclic esters (lactones) is 1. The predicted octanol–water partition coefficient (Wildman–Crippen LogP) is -3.99. The number of ether oxygens (including phenoxy) is 1. The first kappa shape index (κ1) is 21.6. The van der Waals surface area contributed by atoms with E-state index in [1.807, 2.05) is 0 Å². The Labute approximate surface area is 181 Å². The molecule has 2 aliphatic rings. The minimum Gasteiger partial charge on any atom is -0.544 e. The number of hydrogen-bond donors (Lipinski definition) is 1. The van der Waals surface area contributed by atoms with Crippen LogP contribution in [0.1, 0.15) is 23.8 Å². The van der Waals surface area contributed by atoms with E-state index in [0.29, 0.717) is 10.6 Å². The molecule has 0 bridgehead atoms. The number of nitrogens with one attached hydrogen (secondary N) is 1. The van der Waals surface area contributed by atoms with Crippen LogP contribution >= 0.6 is 11.6 Å². The minimum absolute atomic E-state index is 0. The molecule has 0 spiro atoms. The number of esters is 1. The molecule has 138 valence electrons. The van der Waals surface area contributed by atoms with E-state index in [4.69, 9.17) is 21.2 Å². The van der Waals surface area contributed by atoms with Crippen LogP contribution in [0.2, 0.25) is 0 Å². The van der Waals surface area contributed by atoms with Crippen molar-refractivity contribution in [2.45, 2.75) is 30.0 Å². The predicted molar refractivity (Wildman–Crippen MR) is 82.8 cm³/mol. The molecule has 0 aromatic heterocycles. The standard InChI is InChI=1S/C16H15ClN2O7.Na/c17-12(9-4-2-1-3-5-9)13(21)18-10-8-25-19(14(10)22)16(15(23)24)7-6-11(20)26-16;/h1-5,10,12H,6-8H2,(H,18,21)(H,23,24);/q;+1/p-1/t10-,12?,16?;/m0./s1. The Bertz CT molecular complexity index is 762. The normalized spacial score (nSPS) is 25.5. The van der Waals surface area contributed by atoms with Crippen molar-refractivity contribution in [1.29, 1.82) is 0 Å². The fourth-order valence-electron chi connectivity index (χ4n) is 2.76. The Morgan fingerprint density at radius 3 is 2.52 bits per heavy atom. The number of halogens is 1. The van der Waals surface area contributed by atoms with E-state index in [0.717, 1.165) is 0 Å². The van der Waals surface area contributed by atoms with Crippen LogP contribution in [0.3, 0.4) is 0 Å². The average molecular weight is 405 g/mol. The van der Waals surface area contributed by atoms with E-state index in [-0.39, 0.29) is 49.0 Å². The van der Waals surface area contributed by atoms with Gasteiger partial charge >= 0.3 is 35.5 Å². The summed E-state index contributed by atoms with van der Waals surface area (Å²) in [5.41, 5.74) is -1.79. The van der Waals surface area contributed by atoms with Crippen molar-refractivity contribution in [3.63, 3.8) is 0 Å². The van der Waals surface area contributed by atoms with Crippen LogP contribution in [0.25, 0.3) is 0 Å². The summed E-state index contributed by atoms with van der Waals surface area (Å²) in [6, 6.07) is 7.32. The third-order valence-electron chi connectivity index (χ3n) is 4.11. The Balaban J connectivity index is 0.00000261. The van der Waals surface area contributed by atoms with Crippen molar-refractivity contribution in [1.82, 2.24) is 10.4 Å². The van der Waals surface area contributed by atoms with Gasteiger partial charge in [-0.2, -0.15) is 5.06 Å². The van der Waals surface area contributed by atoms with Crippen LogP contribution < -0.4 is 40.0 Å². The third kappa shape index (κ3) is 4.12. The zero-order chi connectivity index (χ0) is 18.9. The average Bonchev–Trinajstić information content (AvgIpc) is 3.19. The van der Waals surface area contributed by atoms with Crippen molar-refractivity contribution < 1.29 is 63.4 Å². The second-order valence-corrected chi connectivity index (χ2v) is 6.25. The molecule has 2 aliphatic heterocycles. The molecule has 2 fully saturated rings. The van der Waals surface area contributed by atoms with Gasteiger partial charge in [-0.15, -0.1) is 11.6 Å². The summed E-state index contributed by atoms with van der Waals surface area (Å²) in [6.07, 6.45) is -0.501. The van der Waals surface area contributed by atoms with Crippen LogP contribution in [0.5, 0.6) is 0 Å². The summed E-state index contributed by atoms with van der Waals surface area (Å²) in [4.78, 5) is 52.6. The van der Waals surface area contributed by atoms with Gasteiger partial charge in [0.1, 0.15) is 24.0 Å². The second kappa shape index (κ2) is 8.57. The van der Waals surface area contributed by atoms with E-state index < -0.39 is 40.9 Å². The molecule has 1 aromatic rings. The van der Waals surface area contributed by atoms with Gasteiger partial charge in [0.25, 0.3) is 11.6 Å². The summed E-state index contributed by atoms with van der Waals surface area (Å²) in [6.45, 7) is -0.324. The molecule has 1 N–H and O–H groups in total. The van der Waals surface area contributed by atoms with Crippen LogP contribution in [0.15, 0.2) is 30.3 Å². The van der Waals surface area contributed by atoms with Crippen molar-refractivity contribution in [3.8, 4) is 0 Å². The molecule has 2 heterocycles. The number of hydrogen-bond acceptors (Lipinski definition) is 7. The number of carbonyl (C=O) groups is 4. The second-order valence-electron chi connectivity index (χ2n) is 5.81. The molecular weight excluding hydrogens is 391 g/mol. The van der Waals surface area contributed by atoms with E-state index in [9.17, 15) is 24.3 Å². The molecule has 27 heavy (non-hydrogen) atoms. The molecule has 2 saturated heterocycles. The van der Waals surface area contributed by atoms with E-state index in [1.165, 1.54) is 0 Å². The SMILES string of the molecule is O=C1CCC(C(=O)[O-])(N2OC[C@H](NC(=O)C(Cl)c3ccccc3)C2=O)O1.[Na+]. The molecule has 3 rings (SSSR count). The monoisotopic (exact) mass is 404 g/mol. The van der Waals surface area contributed by atoms with Crippen molar-refractivity contribution in [3.05, 3.63) is 35.9 Å². The number of carboxylic acid groups (broad SMARTS) is 1. The summed E-state index contributed by atoms with van der Waals surface area (Å²) in [5, 5.41) is 13.3. The number of carboxylic acids is 1. The Morgan fingerprint density at radius 1 is 1.30 bits per heavy atom. The molecule has 3 atom stereocenters. The fourth-order valence-corrected chi connectivity index (χ4v) is 2.97. The van der Waals surface area contributed by atoms with Gasteiger partial charge in [0.05, 0.1) is 6.42 Å². The van der Waals surface area contributed by atoms with E-state index in [1.54, 1.807) is 30.3 Å². The van der Waals surface area contributed by atoms with Gasteiger partial charge in [-0.3, -0.25) is 19.2 Å². The van der Waals surface area contributed by atoms with Gasteiger partial charge in [-0.05, 0) is 5.56 Å². The number of hydroxylamine groups is 2. The number of aliphatic carboxylic acids is 1. The minimum atomic E-state index is -2.33. The molecule has 9 nitrogen and oxygen atoms in total. The third-order valence-corrected chi connectivity index (χ3v) is 4.56. The number of rotatable bonds is 5. The zero-order valence-corrected chi connectivity index (χ0v) is 17.1. The van der Waals surface area contributed by atoms with Crippen molar-refractivity contribution in [2.75, 3.05) is 6.61 Å². The fraction of sp³-hybridized carbons (Fsp3) is 0.375. The summed E-state index contributed by atoms with van der Waals surface area (Å²) >= 11 is 6.09. The molecule has 0 radical (unpaired) electrons. The number of alkyl halides is 1. The molecule has 2 unspecified atom stereocenters. The molecule has 0 saturated carbocycles. The smallest absolute Gasteiger partial charge is 0.544 e. The number of amides is 2. The van der Waals surface area contributed by atoms with E-state index in [2.05, 4.69) is 5.32 Å². The van der Waals surface area contributed by atoms with Gasteiger partial charge < -0.3 is 20.0 Å². The maximum absolute atomic E-state index is 12.5. The van der Waals surface area contributed by atoms with Gasteiger partial charge in [0, 0.05) is 6.42 Å². The quantitative estimate of drug-likeness (QED) is 0.301. The first-order chi connectivity index (χ1) is 12.3. The maximum atomic E-state index is 12.5. The molecular formula is C16H14ClN2NaO7. The van der Waals surface area contributed by atoms with Crippen molar-refractivity contribution in [2.24, 2.45) is 0 Å². The molecule has 11 heteroatoms. The summed E-state index contributed by atoms with van der Waals surface area (Å²) < 4.78 is 4.78. The van der Waals surface area contributed by atoms with Crippen LogP contribution in [-0.2, 0) is 28.8 Å². The first-order valence-corrected chi connectivity index (χ1v) is 8.18. The topological polar surface area (TPSA) is 125 Å². The van der Waals surface area contributed by atoms with Gasteiger partial charge in [-0.25, -0.2) is 0 Å². The van der Waals surface area contributed by atoms with Crippen molar-refractivity contribution >= 4 is 35.4 Å². The molecule has 1 aromatic carbocycles. The van der Waals surface area contributed by atoms with Gasteiger partial charge in [0.2, 0.25) is 5.91 Å². The van der Waals surface area contributed by atoms with Crippen LogP contribution in [0.4, 0.5) is 0 Å². The van der Waals surface area contributed by atoms with Crippen LogP contribution in [-0.4, -0.2) is 47.2 Å². The zero-order valence-electron chi connectivity index (χ0n) is 14.3. The molecule has 0 aliphatic carbocycles. The molecule has 2 amide bonds. The summed E-state index contributed by atoms with van der Waals surface area (Å²) in [7, 11) is 0. The van der Waals surface area contributed by atoms with Gasteiger partial charge in [0.15, 0.2) is 0 Å². The number of carbonyl (C=O) groups excluding carboxylic acids is 4. The number of benzene rings is 1. The Kier molecular flexibility index (Phi) is 6.87. The maximum Gasteiger partial charge on any atom is 1.00 e. The Hall–Kier alpha value is -1.65. The Morgan fingerprint density at radius 2 is 1.96 bits per heavy atom.